The van der Waals surface area contributed by atoms with Crippen LogP contribution in [0.5, 0.6) is 5.75 Å². The van der Waals surface area contributed by atoms with Crippen molar-refractivity contribution in [1.29, 1.82) is 0 Å². The van der Waals surface area contributed by atoms with Gasteiger partial charge in [-0.1, -0.05) is 64.0 Å². The number of methoxy groups -OCH3 is 1. The summed E-state index contributed by atoms with van der Waals surface area (Å²) in [5.41, 5.74) is 8.66. The molecule has 0 aliphatic carbocycles. The molecule has 0 aromatic heterocycles. The molecule has 0 bridgehead atoms. The van der Waals surface area contributed by atoms with Crippen molar-refractivity contribution in [3.63, 3.8) is 0 Å². The Bertz CT molecular complexity index is 376. The quantitative estimate of drug-likeness (QED) is 0.601. The molecule has 1 aromatic rings. The van der Waals surface area contributed by atoms with Gasteiger partial charge in [-0.3, -0.25) is 0 Å². The number of nitrogens with two attached hydrogens (primary N) is 1. The van der Waals surface area contributed by atoms with Gasteiger partial charge in [0.2, 0.25) is 0 Å². The first-order valence-electron chi connectivity index (χ1n) is 8.09. The molecule has 0 fully saturated rings. The molecule has 0 aliphatic heterocycles. The highest BCUT2D eigenvalue weighted by Crippen LogP contribution is 2.28. The molecule has 114 valence electrons. The monoisotopic (exact) mass is 277 g/mol. The summed E-state index contributed by atoms with van der Waals surface area (Å²) < 4.78 is 5.44. The van der Waals surface area contributed by atoms with Crippen LogP contribution in [0.15, 0.2) is 18.2 Å². The van der Waals surface area contributed by atoms with Crippen LogP contribution in [0.2, 0.25) is 0 Å². The van der Waals surface area contributed by atoms with Gasteiger partial charge in [-0.05, 0) is 25.0 Å². The second kappa shape index (κ2) is 9.82. The lowest BCUT2D eigenvalue weighted by Gasteiger charge is -2.16. The van der Waals surface area contributed by atoms with Crippen molar-refractivity contribution in [2.45, 2.75) is 71.3 Å². The van der Waals surface area contributed by atoms with Gasteiger partial charge >= 0.3 is 0 Å². The lowest BCUT2D eigenvalue weighted by Crippen LogP contribution is -2.11. The summed E-state index contributed by atoms with van der Waals surface area (Å²) in [5, 5.41) is 0. The van der Waals surface area contributed by atoms with E-state index in [1.165, 1.54) is 50.5 Å². The molecular weight excluding hydrogens is 246 g/mol. The second-order valence-electron chi connectivity index (χ2n) is 5.76. The molecule has 0 radical (unpaired) electrons. The van der Waals surface area contributed by atoms with Crippen molar-refractivity contribution in [1.82, 2.24) is 0 Å². The van der Waals surface area contributed by atoms with Crippen molar-refractivity contribution in [2.75, 3.05) is 7.11 Å². The molecule has 0 spiro atoms. The topological polar surface area (TPSA) is 35.2 Å². The van der Waals surface area contributed by atoms with Gasteiger partial charge in [-0.25, -0.2) is 0 Å². The third-order valence-electron chi connectivity index (χ3n) is 3.91. The molecule has 0 amide bonds. The summed E-state index contributed by atoms with van der Waals surface area (Å²) in [7, 11) is 1.72. The first kappa shape index (κ1) is 17.0. The van der Waals surface area contributed by atoms with Gasteiger partial charge in [-0.2, -0.15) is 0 Å². The minimum Gasteiger partial charge on any atom is -0.496 e. The fraction of sp³-hybridized carbons (Fsp3) is 0.667. The molecule has 0 aliphatic rings. The zero-order valence-electron chi connectivity index (χ0n) is 13.5. The minimum absolute atomic E-state index is 0.0983. The number of unbranched alkanes of at least 4 members (excludes halogenated alkanes) is 6. The van der Waals surface area contributed by atoms with E-state index in [2.05, 4.69) is 32.0 Å². The Labute approximate surface area is 124 Å². The Kier molecular flexibility index (Phi) is 8.36. The molecule has 1 unspecified atom stereocenters. The predicted octanol–water partition coefficient (Wildman–Crippen LogP) is 5.14. The predicted molar refractivity (Wildman–Crippen MR) is 87.3 cm³/mol. The smallest absolute Gasteiger partial charge is 0.123 e. The number of hydrogen-bond acceptors (Lipinski definition) is 2. The molecule has 1 rings (SSSR count). The maximum absolute atomic E-state index is 6.30. The van der Waals surface area contributed by atoms with E-state index >= 15 is 0 Å². The van der Waals surface area contributed by atoms with E-state index in [0.717, 1.165) is 17.7 Å². The van der Waals surface area contributed by atoms with Gasteiger partial charge < -0.3 is 10.5 Å². The molecule has 2 nitrogen and oxygen atoms in total. The van der Waals surface area contributed by atoms with Crippen LogP contribution in [-0.2, 0) is 0 Å². The van der Waals surface area contributed by atoms with E-state index in [4.69, 9.17) is 10.5 Å². The Morgan fingerprint density at radius 2 is 1.70 bits per heavy atom. The van der Waals surface area contributed by atoms with E-state index in [1.807, 2.05) is 0 Å². The number of ether oxygens (including phenoxy) is 1. The summed E-state index contributed by atoms with van der Waals surface area (Å²) in [6.45, 7) is 4.34. The van der Waals surface area contributed by atoms with Gasteiger partial charge in [-0.15, -0.1) is 0 Å². The first-order valence-corrected chi connectivity index (χ1v) is 8.09. The maximum Gasteiger partial charge on any atom is 0.123 e. The number of hydrogen-bond donors (Lipinski definition) is 1. The van der Waals surface area contributed by atoms with E-state index in [-0.39, 0.29) is 6.04 Å². The van der Waals surface area contributed by atoms with Crippen LogP contribution in [-0.4, -0.2) is 7.11 Å². The third kappa shape index (κ3) is 5.96. The normalized spacial score (nSPS) is 12.4. The van der Waals surface area contributed by atoms with E-state index < -0.39 is 0 Å². The van der Waals surface area contributed by atoms with Crippen LogP contribution < -0.4 is 10.5 Å². The van der Waals surface area contributed by atoms with Crippen molar-refractivity contribution in [2.24, 2.45) is 5.73 Å². The van der Waals surface area contributed by atoms with Crippen molar-refractivity contribution in [3.8, 4) is 5.75 Å². The summed E-state index contributed by atoms with van der Waals surface area (Å²) >= 11 is 0. The molecule has 2 N–H and O–H groups in total. The van der Waals surface area contributed by atoms with Gasteiger partial charge in [0, 0.05) is 11.6 Å². The Hall–Kier alpha value is -1.02. The molecule has 20 heavy (non-hydrogen) atoms. The van der Waals surface area contributed by atoms with Crippen molar-refractivity contribution in [3.05, 3.63) is 29.3 Å². The van der Waals surface area contributed by atoms with Crippen LogP contribution in [0.1, 0.15) is 75.5 Å². The Balaban J connectivity index is 2.30. The van der Waals surface area contributed by atoms with Crippen LogP contribution in [0.3, 0.4) is 0 Å². The fourth-order valence-corrected chi connectivity index (χ4v) is 2.60. The third-order valence-corrected chi connectivity index (χ3v) is 3.91. The van der Waals surface area contributed by atoms with Crippen LogP contribution in [0.25, 0.3) is 0 Å². The van der Waals surface area contributed by atoms with E-state index in [0.29, 0.717) is 0 Å². The van der Waals surface area contributed by atoms with Crippen LogP contribution in [0.4, 0.5) is 0 Å². The van der Waals surface area contributed by atoms with Gasteiger partial charge in [0.25, 0.3) is 0 Å². The number of rotatable bonds is 10. The minimum atomic E-state index is 0.0983. The largest absolute Gasteiger partial charge is 0.496 e. The van der Waals surface area contributed by atoms with Crippen LogP contribution in [0, 0.1) is 6.92 Å². The zero-order valence-corrected chi connectivity index (χ0v) is 13.5. The number of aryl methyl sites for hydroxylation is 1. The van der Waals surface area contributed by atoms with Crippen molar-refractivity contribution >= 4 is 0 Å². The lowest BCUT2D eigenvalue weighted by atomic mass is 9.98. The van der Waals surface area contributed by atoms with Crippen LogP contribution >= 0.6 is 0 Å². The standard InChI is InChI=1S/C18H31NO/c1-4-5-6-7-8-9-10-11-17(19)16-13-12-15(2)14-18(16)20-3/h12-14,17H,4-11,19H2,1-3H3. The SMILES string of the molecule is CCCCCCCCCC(N)c1ccc(C)cc1OC. The highest BCUT2D eigenvalue weighted by molar-refractivity contribution is 5.39. The Morgan fingerprint density at radius 3 is 2.35 bits per heavy atom. The molecule has 0 saturated heterocycles. The maximum atomic E-state index is 6.30. The molecular formula is C18H31NO. The van der Waals surface area contributed by atoms with E-state index in [9.17, 15) is 0 Å². The van der Waals surface area contributed by atoms with E-state index in [1.54, 1.807) is 7.11 Å². The zero-order chi connectivity index (χ0) is 14.8. The highest BCUT2D eigenvalue weighted by Gasteiger charge is 2.11. The Morgan fingerprint density at radius 1 is 1.05 bits per heavy atom. The fourth-order valence-electron chi connectivity index (χ4n) is 2.60. The molecule has 0 heterocycles. The molecule has 1 atom stereocenters. The molecule has 1 aromatic carbocycles. The van der Waals surface area contributed by atoms with Gasteiger partial charge in [0.1, 0.15) is 5.75 Å². The summed E-state index contributed by atoms with van der Waals surface area (Å²) in [6.07, 6.45) is 10.4. The molecule has 2 heteroatoms. The number of benzene rings is 1. The lowest BCUT2D eigenvalue weighted by molar-refractivity contribution is 0.402. The summed E-state index contributed by atoms with van der Waals surface area (Å²) in [4.78, 5) is 0. The summed E-state index contributed by atoms with van der Waals surface area (Å²) in [5.74, 6) is 0.931. The second-order valence-corrected chi connectivity index (χ2v) is 5.76. The van der Waals surface area contributed by atoms with Gasteiger partial charge in [0.15, 0.2) is 0 Å². The highest BCUT2D eigenvalue weighted by atomic mass is 16.5. The van der Waals surface area contributed by atoms with Gasteiger partial charge in [0.05, 0.1) is 7.11 Å². The average Bonchev–Trinajstić information content (AvgIpc) is 2.45. The average molecular weight is 277 g/mol. The molecule has 0 saturated carbocycles. The summed E-state index contributed by atoms with van der Waals surface area (Å²) in [6, 6.07) is 6.39. The van der Waals surface area contributed by atoms with Crippen molar-refractivity contribution < 1.29 is 4.74 Å². The first-order chi connectivity index (χ1) is 9.69.